The van der Waals surface area contributed by atoms with E-state index in [1.807, 2.05) is 0 Å². The molecule has 0 aliphatic heterocycles. The summed E-state index contributed by atoms with van der Waals surface area (Å²) in [7, 11) is 1.15. The van der Waals surface area contributed by atoms with Gasteiger partial charge in [-0.2, -0.15) is 0 Å². The maximum absolute atomic E-state index is 14.6. The first-order valence-electron chi connectivity index (χ1n) is 8.11. The summed E-state index contributed by atoms with van der Waals surface area (Å²) in [6.45, 7) is 1.61. The quantitative estimate of drug-likeness (QED) is 0.373. The van der Waals surface area contributed by atoms with E-state index in [9.17, 15) is 14.0 Å². The second kappa shape index (κ2) is 8.48. The van der Waals surface area contributed by atoms with E-state index >= 15 is 0 Å². The van der Waals surface area contributed by atoms with Crippen LogP contribution < -0.4 is 5.56 Å². The number of nitrogens with zero attached hydrogens (tertiary/aromatic N) is 1. The molecule has 0 radical (unpaired) electrons. The maximum atomic E-state index is 14.6. The molecule has 0 spiro atoms. The van der Waals surface area contributed by atoms with Crippen LogP contribution in [0.25, 0.3) is 16.8 Å². The maximum Gasteiger partial charge on any atom is 0.344 e. The summed E-state index contributed by atoms with van der Waals surface area (Å²) >= 11 is 21.4. The second-order valence-electron chi connectivity index (χ2n) is 6.01. The Kier molecular flexibility index (Phi) is 6.39. The molecule has 0 N–H and O–H groups in total. The molecule has 0 aliphatic carbocycles. The molecule has 29 heavy (non-hydrogen) atoms. The van der Waals surface area contributed by atoms with Gasteiger partial charge in [0.15, 0.2) is 0 Å². The number of methoxy groups -OCH3 is 1. The summed E-state index contributed by atoms with van der Waals surface area (Å²) in [5, 5.41) is 0.744. The Balaban J connectivity index is 2.45. The van der Waals surface area contributed by atoms with Gasteiger partial charge >= 0.3 is 5.97 Å². The molecule has 3 aromatic rings. The average molecular weight is 520 g/mol. The molecule has 2 aromatic carbocycles. The minimum absolute atomic E-state index is 0.0524. The van der Waals surface area contributed by atoms with E-state index in [4.69, 9.17) is 39.5 Å². The van der Waals surface area contributed by atoms with Gasteiger partial charge in [0.25, 0.3) is 5.56 Å². The van der Waals surface area contributed by atoms with Gasteiger partial charge < -0.3 is 4.74 Å². The number of carbonyl (C=O) groups is 1. The van der Waals surface area contributed by atoms with Gasteiger partial charge in [0.1, 0.15) is 11.4 Å². The van der Waals surface area contributed by atoms with E-state index in [2.05, 4.69) is 15.9 Å². The molecule has 0 aliphatic rings. The molecule has 9 heteroatoms. The van der Waals surface area contributed by atoms with Gasteiger partial charge in [-0.15, -0.1) is 0 Å². The Morgan fingerprint density at radius 2 is 1.79 bits per heavy atom. The summed E-state index contributed by atoms with van der Waals surface area (Å²) in [5.74, 6) is -1.59. The Morgan fingerprint density at radius 1 is 1.10 bits per heavy atom. The number of benzene rings is 2. The molecule has 0 saturated carbocycles. The molecule has 3 rings (SSSR count). The van der Waals surface area contributed by atoms with Crippen LogP contribution in [-0.2, 0) is 4.74 Å². The third-order valence-corrected chi connectivity index (χ3v) is 6.23. The Bertz CT molecular complexity index is 1210. The van der Waals surface area contributed by atoms with Crippen molar-refractivity contribution in [3.05, 3.63) is 83.4 Å². The van der Waals surface area contributed by atoms with Gasteiger partial charge in [-0.05, 0) is 58.7 Å². The SMILES string of the molecule is COC(=O)c1c(-c2ccc(Cl)c(Cl)c2)c(Br)c(C)n(-c2ccc(Cl)cc2F)c1=O. The number of hydrogen-bond donors (Lipinski definition) is 0. The zero-order valence-corrected chi connectivity index (χ0v) is 18.9. The molecule has 0 fully saturated rings. The number of pyridine rings is 1. The third-order valence-electron chi connectivity index (χ3n) is 4.29. The van der Waals surface area contributed by atoms with Crippen molar-refractivity contribution in [2.75, 3.05) is 7.11 Å². The van der Waals surface area contributed by atoms with Crippen molar-refractivity contribution in [3.8, 4) is 16.8 Å². The summed E-state index contributed by atoms with van der Waals surface area (Å²) < 4.78 is 20.9. The predicted molar refractivity (Wildman–Crippen MR) is 116 cm³/mol. The molecular formula is C20H12BrCl3FNO3. The molecule has 0 unspecified atom stereocenters. The van der Waals surface area contributed by atoms with Crippen LogP contribution in [0.4, 0.5) is 4.39 Å². The smallest absolute Gasteiger partial charge is 0.344 e. The lowest BCUT2D eigenvalue weighted by Crippen LogP contribution is -2.29. The van der Waals surface area contributed by atoms with Crippen molar-refractivity contribution in [1.29, 1.82) is 0 Å². The first kappa shape index (κ1) is 21.8. The fraction of sp³-hybridized carbons (Fsp3) is 0.100. The fourth-order valence-corrected chi connectivity index (χ4v) is 3.99. The van der Waals surface area contributed by atoms with E-state index in [-0.39, 0.29) is 26.9 Å². The largest absolute Gasteiger partial charge is 0.465 e. The molecule has 0 amide bonds. The van der Waals surface area contributed by atoms with Crippen LogP contribution in [0.3, 0.4) is 0 Å². The Hall–Kier alpha value is -1.86. The Labute approximate surface area is 188 Å². The molecule has 1 aromatic heterocycles. The first-order valence-corrected chi connectivity index (χ1v) is 10.0. The van der Waals surface area contributed by atoms with E-state index in [1.165, 1.54) is 18.2 Å². The molecule has 150 valence electrons. The lowest BCUT2D eigenvalue weighted by atomic mass is 9.99. The van der Waals surface area contributed by atoms with E-state index in [0.29, 0.717) is 20.8 Å². The zero-order valence-electron chi connectivity index (χ0n) is 15.0. The van der Waals surface area contributed by atoms with E-state index in [0.717, 1.165) is 17.7 Å². The zero-order chi connectivity index (χ0) is 21.5. The summed E-state index contributed by atoms with van der Waals surface area (Å²) in [4.78, 5) is 25.8. The monoisotopic (exact) mass is 517 g/mol. The molecule has 0 atom stereocenters. The van der Waals surface area contributed by atoms with Crippen molar-refractivity contribution in [1.82, 2.24) is 4.57 Å². The summed E-state index contributed by atoms with van der Waals surface area (Å²) in [5.41, 5.74) is 0.0186. The van der Waals surface area contributed by atoms with Crippen molar-refractivity contribution < 1.29 is 13.9 Å². The standard InChI is InChI=1S/C20H12BrCl3FNO3/c1-9-18(21)16(10-3-5-12(23)13(24)7-10)17(20(28)29-2)19(27)26(9)15-6-4-11(22)8-14(15)25/h3-8H,1-2H3. The lowest BCUT2D eigenvalue weighted by Gasteiger charge is -2.19. The van der Waals surface area contributed by atoms with Gasteiger partial charge in [-0.3, -0.25) is 9.36 Å². The van der Waals surface area contributed by atoms with Gasteiger partial charge in [0.2, 0.25) is 0 Å². The topological polar surface area (TPSA) is 48.3 Å². The molecular weight excluding hydrogens is 507 g/mol. The number of aromatic nitrogens is 1. The minimum atomic E-state index is -0.875. The van der Waals surface area contributed by atoms with E-state index < -0.39 is 17.3 Å². The van der Waals surface area contributed by atoms with Crippen molar-refractivity contribution in [3.63, 3.8) is 0 Å². The summed E-state index contributed by atoms with van der Waals surface area (Å²) in [6.07, 6.45) is 0. The molecule has 0 bridgehead atoms. The Morgan fingerprint density at radius 3 is 2.38 bits per heavy atom. The normalized spacial score (nSPS) is 10.9. The van der Waals surface area contributed by atoms with Gasteiger partial charge in [-0.25, -0.2) is 9.18 Å². The van der Waals surface area contributed by atoms with Crippen LogP contribution >= 0.6 is 50.7 Å². The minimum Gasteiger partial charge on any atom is -0.465 e. The number of hydrogen-bond acceptors (Lipinski definition) is 3. The first-order chi connectivity index (χ1) is 13.7. The van der Waals surface area contributed by atoms with Crippen LogP contribution in [0.15, 0.2) is 45.7 Å². The second-order valence-corrected chi connectivity index (χ2v) is 8.05. The lowest BCUT2D eigenvalue weighted by molar-refractivity contribution is 0.0599. The fourth-order valence-electron chi connectivity index (χ4n) is 2.93. The van der Waals surface area contributed by atoms with Crippen LogP contribution in [0, 0.1) is 12.7 Å². The highest BCUT2D eigenvalue weighted by Crippen LogP contribution is 2.37. The van der Waals surface area contributed by atoms with Gasteiger partial charge in [0.05, 0.1) is 22.8 Å². The van der Waals surface area contributed by atoms with E-state index in [1.54, 1.807) is 19.1 Å². The van der Waals surface area contributed by atoms with Crippen molar-refractivity contribution in [2.45, 2.75) is 6.92 Å². The number of esters is 1. The van der Waals surface area contributed by atoms with Gasteiger partial charge in [-0.1, -0.05) is 40.9 Å². The average Bonchev–Trinajstić information content (AvgIpc) is 2.68. The third kappa shape index (κ3) is 3.94. The van der Waals surface area contributed by atoms with Crippen molar-refractivity contribution in [2.24, 2.45) is 0 Å². The number of halogens is 5. The highest BCUT2D eigenvalue weighted by atomic mass is 79.9. The van der Waals surface area contributed by atoms with Crippen LogP contribution in [-0.4, -0.2) is 17.6 Å². The van der Waals surface area contributed by atoms with Crippen molar-refractivity contribution >= 4 is 56.7 Å². The number of rotatable bonds is 3. The number of carbonyl (C=O) groups excluding carboxylic acids is 1. The molecule has 0 saturated heterocycles. The summed E-state index contributed by atoms with van der Waals surface area (Å²) in [6, 6.07) is 8.59. The van der Waals surface area contributed by atoms with Gasteiger partial charge in [0, 0.05) is 20.8 Å². The highest BCUT2D eigenvalue weighted by molar-refractivity contribution is 9.10. The van der Waals surface area contributed by atoms with Crippen LogP contribution in [0.5, 0.6) is 0 Å². The number of ether oxygens (including phenoxy) is 1. The molecule has 4 nitrogen and oxygen atoms in total. The van der Waals surface area contributed by atoms with Crippen LogP contribution in [0.2, 0.25) is 15.1 Å². The predicted octanol–water partition coefficient (Wildman–Crippen LogP) is 6.46. The van der Waals surface area contributed by atoms with Crippen LogP contribution in [0.1, 0.15) is 16.1 Å². The highest BCUT2D eigenvalue weighted by Gasteiger charge is 2.27. The molecule has 1 heterocycles.